The minimum absolute atomic E-state index is 0.0234. The highest BCUT2D eigenvalue weighted by Crippen LogP contribution is 2.23. The molecule has 2 saturated heterocycles. The van der Waals surface area contributed by atoms with Gasteiger partial charge in [0.05, 0.1) is 0 Å². The third kappa shape index (κ3) is 8.45. The van der Waals surface area contributed by atoms with Gasteiger partial charge < -0.3 is 15.5 Å². The van der Waals surface area contributed by atoms with Gasteiger partial charge in [0, 0.05) is 48.6 Å². The van der Waals surface area contributed by atoms with Crippen molar-refractivity contribution in [1.29, 1.82) is 0 Å². The highest BCUT2D eigenvalue weighted by atomic mass is 35.5. The van der Waals surface area contributed by atoms with Crippen molar-refractivity contribution >= 4 is 29.7 Å². The van der Waals surface area contributed by atoms with Crippen molar-refractivity contribution in [3.05, 3.63) is 69.7 Å². The molecule has 2 fully saturated rings. The first-order valence-corrected chi connectivity index (χ1v) is 13.3. The first-order valence-electron chi connectivity index (χ1n) is 12.9. The number of aryl methyl sites for hydroxylation is 3. The Morgan fingerprint density at radius 3 is 2.42 bits per heavy atom. The van der Waals surface area contributed by atoms with Crippen LogP contribution in [0.3, 0.4) is 0 Å². The van der Waals surface area contributed by atoms with Gasteiger partial charge in [-0.1, -0.05) is 47.5 Å². The Morgan fingerprint density at radius 1 is 1.08 bits per heavy atom. The van der Waals surface area contributed by atoms with Crippen LogP contribution in [0.15, 0.2) is 42.5 Å². The van der Waals surface area contributed by atoms with Gasteiger partial charge >= 0.3 is 0 Å². The lowest BCUT2D eigenvalue weighted by Gasteiger charge is -2.31. The van der Waals surface area contributed by atoms with E-state index in [2.05, 4.69) is 10.6 Å². The van der Waals surface area contributed by atoms with Gasteiger partial charge in [-0.3, -0.25) is 14.4 Å². The van der Waals surface area contributed by atoms with Crippen LogP contribution in [0.25, 0.3) is 0 Å². The molecule has 6 nitrogen and oxygen atoms in total. The van der Waals surface area contributed by atoms with E-state index in [4.69, 9.17) is 11.6 Å². The monoisotopic (exact) mass is 511 g/mol. The number of nitrogens with one attached hydrogen (secondary N) is 2. The number of piperidine rings is 2. The second kappa shape index (κ2) is 14.1. The molecule has 2 aliphatic heterocycles. The van der Waals surface area contributed by atoms with Gasteiger partial charge in [0.1, 0.15) is 0 Å². The van der Waals surface area contributed by atoms with Gasteiger partial charge in [-0.15, -0.1) is 0 Å². The summed E-state index contributed by atoms with van der Waals surface area (Å²) in [4.78, 5) is 37.0. The van der Waals surface area contributed by atoms with Gasteiger partial charge in [-0.2, -0.15) is 0 Å². The van der Waals surface area contributed by atoms with Gasteiger partial charge in [-0.25, -0.2) is 0 Å². The van der Waals surface area contributed by atoms with Crippen molar-refractivity contribution in [3.8, 4) is 0 Å². The molecular formula is C29H38ClN3O3. The van der Waals surface area contributed by atoms with E-state index in [0.29, 0.717) is 25.6 Å². The Bertz CT molecular complexity index is 1010. The van der Waals surface area contributed by atoms with E-state index < -0.39 is 0 Å². The zero-order valence-electron chi connectivity index (χ0n) is 21.4. The maximum Gasteiger partial charge on any atom is 0.222 e. The predicted molar refractivity (Wildman–Crippen MR) is 144 cm³/mol. The Hall–Kier alpha value is -2.70. The average molecular weight is 512 g/mol. The summed E-state index contributed by atoms with van der Waals surface area (Å²) in [5, 5.41) is 6.66. The Balaban J connectivity index is 0.000000338. The highest BCUT2D eigenvalue weighted by molar-refractivity contribution is 6.30. The molecule has 1 atom stereocenters. The van der Waals surface area contributed by atoms with Crippen molar-refractivity contribution in [2.45, 2.75) is 58.4 Å². The van der Waals surface area contributed by atoms with Crippen LogP contribution in [0.2, 0.25) is 5.02 Å². The molecule has 0 saturated carbocycles. The highest BCUT2D eigenvalue weighted by Gasteiger charge is 2.27. The first-order chi connectivity index (χ1) is 17.4. The first kappa shape index (κ1) is 27.9. The number of benzene rings is 2. The molecule has 2 aliphatic rings. The summed E-state index contributed by atoms with van der Waals surface area (Å²) in [5.41, 5.74) is 4.22. The molecule has 2 amide bonds. The zero-order chi connectivity index (χ0) is 25.9. The van der Waals surface area contributed by atoms with Crippen LogP contribution < -0.4 is 10.6 Å². The minimum atomic E-state index is 0.0234. The van der Waals surface area contributed by atoms with Crippen molar-refractivity contribution in [2.24, 2.45) is 5.92 Å². The van der Waals surface area contributed by atoms with E-state index in [-0.39, 0.29) is 17.6 Å². The molecule has 36 heavy (non-hydrogen) atoms. The summed E-state index contributed by atoms with van der Waals surface area (Å²) < 4.78 is 0. The third-order valence-electron chi connectivity index (χ3n) is 7.07. The summed E-state index contributed by atoms with van der Waals surface area (Å²) in [6.07, 6.45) is 5.79. The van der Waals surface area contributed by atoms with Crippen LogP contribution in [-0.2, 0) is 16.0 Å². The smallest absolute Gasteiger partial charge is 0.222 e. The Labute approximate surface area is 219 Å². The topological polar surface area (TPSA) is 78.5 Å². The number of amides is 2. The number of rotatable bonds is 7. The SMILES string of the molecule is Cc1ccc(C(=O)C2CCN(C(=O)CCc3ccc(Cl)cc3C)CC2)cc1.O=CNC1CCCNC1. The number of ketones is 1. The molecule has 0 spiro atoms. The van der Waals surface area contributed by atoms with E-state index >= 15 is 0 Å². The molecule has 2 aromatic carbocycles. The molecule has 0 radical (unpaired) electrons. The van der Waals surface area contributed by atoms with Crippen LogP contribution in [0.5, 0.6) is 0 Å². The van der Waals surface area contributed by atoms with Gasteiger partial charge in [-0.05, 0) is 75.8 Å². The number of carbonyl (C=O) groups is 3. The fourth-order valence-electron chi connectivity index (χ4n) is 4.77. The van der Waals surface area contributed by atoms with Crippen molar-refractivity contribution in [3.63, 3.8) is 0 Å². The number of nitrogens with zero attached hydrogens (tertiary/aromatic N) is 1. The van der Waals surface area contributed by atoms with Gasteiger partial charge in [0.15, 0.2) is 5.78 Å². The second-order valence-electron chi connectivity index (χ2n) is 9.78. The lowest BCUT2D eigenvalue weighted by molar-refractivity contribution is -0.132. The number of hydrogen-bond donors (Lipinski definition) is 2. The fraction of sp³-hybridized carbons (Fsp3) is 0.483. The Kier molecular flexibility index (Phi) is 11.0. The fourth-order valence-corrected chi connectivity index (χ4v) is 5.00. The molecule has 0 bridgehead atoms. The maximum absolute atomic E-state index is 12.6. The lowest BCUT2D eigenvalue weighted by Crippen LogP contribution is -2.42. The van der Waals surface area contributed by atoms with Crippen LogP contribution in [0, 0.1) is 19.8 Å². The zero-order valence-corrected chi connectivity index (χ0v) is 22.2. The molecule has 2 N–H and O–H groups in total. The number of carbonyl (C=O) groups excluding carboxylic acids is 3. The summed E-state index contributed by atoms with van der Waals surface area (Å²) >= 11 is 5.99. The molecule has 1 unspecified atom stereocenters. The van der Waals surface area contributed by atoms with E-state index in [1.807, 2.05) is 61.2 Å². The molecule has 2 heterocycles. The Morgan fingerprint density at radius 2 is 1.81 bits per heavy atom. The van der Waals surface area contributed by atoms with E-state index in [9.17, 15) is 14.4 Å². The van der Waals surface area contributed by atoms with Crippen LogP contribution in [0.4, 0.5) is 0 Å². The van der Waals surface area contributed by atoms with Crippen LogP contribution in [0.1, 0.15) is 59.2 Å². The summed E-state index contributed by atoms with van der Waals surface area (Å²) in [6, 6.07) is 13.9. The molecule has 0 aromatic heterocycles. The van der Waals surface area contributed by atoms with Crippen molar-refractivity contribution in [1.82, 2.24) is 15.5 Å². The van der Waals surface area contributed by atoms with E-state index in [0.717, 1.165) is 72.5 Å². The molecule has 2 aromatic rings. The third-order valence-corrected chi connectivity index (χ3v) is 7.30. The van der Waals surface area contributed by atoms with Crippen molar-refractivity contribution in [2.75, 3.05) is 26.2 Å². The minimum Gasteiger partial charge on any atom is -0.355 e. The average Bonchev–Trinajstić information content (AvgIpc) is 2.89. The normalized spacial score (nSPS) is 18.1. The maximum atomic E-state index is 12.6. The standard InChI is InChI=1S/C23H26ClNO2.C6H12N2O/c1-16-3-5-19(6-4-16)23(27)20-11-13-25(14-12-20)22(26)10-8-18-7-9-21(24)15-17(18)2;9-5-8-6-2-1-3-7-4-6/h3-7,9,15,20H,8,10-14H2,1-2H3;5-7H,1-4H2,(H,8,9). The number of likely N-dealkylation sites (tertiary alicyclic amines) is 1. The summed E-state index contributed by atoms with van der Waals surface area (Å²) in [7, 11) is 0. The molecule has 0 aliphatic carbocycles. The largest absolute Gasteiger partial charge is 0.355 e. The number of halogens is 1. The lowest BCUT2D eigenvalue weighted by atomic mass is 9.88. The molecular weight excluding hydrogens is 474 g/mol. The molecule has 194 valence electrons. The van der Waals surface area contributed by atoms with E-state index in [1.165, 1.54) is 6.42 Å². The quantitative estimate of drug-likeness (QED) is 0.424. The van der Waals surface area contributed by atoms with Crippen LogP contribution >= 0.6 is 11.6 Å². The second-order valence-corrected chi connectivity index (χ2v) is 10.2. The predicted octanol–water partition coefficient (Wildman–Crippen LogP) is 4.50. The van der Waals surface area contributed by atoms with Gasteiger partial charge in [0.2, 0.25) is 12.3 Å². The van der Waals surface area contributed by atoms with Gasteiger partial charge in [0.25, 0.3) is 0 Å². The van der Waals surface area contributed by atoms with Crippen molar-refractivity contribution < 1.29 is 14.4 Å². The van der Waals surface area contributed by atoms with E-state index in [1.54, 1.807) is 0 Å². The summed E-state index contributed by atoms with van der Waals surface area (Å²) in [6.45, 7) is 7.40. The molecule has 4 rings (SSSR count). The summed E-state index contributed by atoms with van der Waals surface area (Å²) in [5.74, 6) is 0.403. The molecule has 7 heteroatoms. The van der Waals surface area contributed by atoms with Crippen LogP contribution in [-0.4, -0.2) is 55.2 Å². The number of Topliss-reactive ketones (excluding diaryl/α,β-unsaturated/α-hetero) is 1. The number of hydrogen-bond acceptors (Lipinski definition) is 4.